The summed E-state index contributed by atoms with van der Waals surface area (Å²) in [6.45, 7) is 0. The molecule has 0 aromatic heterocycles. The van der Waals surface area contributed by atoms with Crippen LogP contribution in [0, 0.1) is 0 Å². The number of carbonyl (C=O) groups excluding carboxylic acids is 2. The number of hydrogen-bond acceptors (Lipinski definition) is 4. The van der Waals surface area contributed by atoms with Crippen molar-refractivity contribution in [1.82, 2.24) is 0 Å². The highest BCUT2D eigenvalue weighted by molar-refractivity contribution is 7.92. The van der Waals surface area contributed by atoms with E-state index in [0.717, 1.165) is 24.5 Å². The van der Waals surface area contributed by atoms with Gasteiger partial charge in [0, 0.05) is 11.3 Å². The minimum Gasteiger partial charge on any atom is -0.350 e. The number of nitrogens with two attached hydrogens (primary N) is 1. The second-order valence-corrected chi connectivity index (χ2v) is 7.28. The first kappa shape index (κ1) is 20.2. The van der Waals surface area contributed by atoms with Gasteiger partial charge in [0.05, 0.1) is 17.5 Å². The number of amides is 3. The lowest BCUT2D eigenvalue weighted by atomic mass is 10.1. The van der Waals surface area contributed by atoms with Gasteiger partial charge in [-0.3, -0.25) is 4.79 Å². The van der Waals surface area contributed by atoms with Crippen LogP contribution in [0.2, 0.25) is 0 Å². The second kappa shape index (κ2) is 7.27. The minimum atomic E-state index is -4.60. The third-order valence-electron chi connectivity index (χ3n) is 3.32. The standard InChI is InChI=1S/C16H14F3N3O4S/c1-27(25,26)22(15(20)24)13-7-3-6-12(9-13)21-14(23)10-4-2-5-11(8-10)16(17,18)19/h2-9H,1H3,(H2,20,24)(H,21,23). The zero-order valence-electron chi connectivity index (χ0n) is 13.8. The van der Waals surface area contributed by atoms with Gasteiger partial charge in [-0.05, 0) is 36.4 Å². The number of hydrogen-bond donors (Lipinski definition) is 2. The number of urea groups is 1. The fourth-order valence-electron chi connectivity index (χ4n) is 2.23. The Morgan fingerprint density at radius 2 is 1.70 bits per heavy atom. The van der Waals surface area contributed by atoms with Crippen LogP contribution in [0.3, 0.4) is 0 Å². The summed E-state index contributed by atoms with van der Waals surface area (Å²) in [7, 11) is -4.02. The molecule has 11 heteroatoms. The molecule has 2 aromatic carbocycles. The van der Waals surface area contributed by atoms with Crippen molar-refractivity contribution in [3.63, 3.8) is 0 Å². The van der Waals surface area contributed by atoms with Crippen LogP contribution in [0.15, 0.2) is 48.5 Å². The Balaban J connectivity index is 2.31. The largest absolute Gasteiger partial charge is 0.416 e. The predicted octanol–water partition coefficient (Wildman–Crippen LogP) is 2.80. The van der Waals surface area contributed by atoms with Crippen molar-refractivity contribution in [3.8, 4) is 0 Å². The molecule has 0 aliphatic heterocycles. The molecular weight excluding hydrogens is 387 g/mol. The maximum atomic E-state index is 12.7. The van der Waals surface area contributed by atoms with Crippen LogP contribution in [0.5, 0.6) is 0 Å². The Labute approximate surface area is 152 Å². The molecule has 0 heterocycles. The van der Waals surface area contributed by atoms with Gasteiger partial charge in [-0.25, -0.2) is 13.2 Å². The number of rotatable bonds is 4. The Hall–Kier alpha value is -3.08. The first-order valence-corrected chi connectivity index (χ1v) is 9.13. The van der Waals surface area contributed by atoms with Gasteiger partial charge >= 0.3 is 12.2 Å². The molecule has 2 rings (SSSR count). The molecule has 0 unspecified atom stereocenters. The Kier molecular flexibility index (Phi) is 5.45. The van der Waals surface area contributed by atoms with E-state index >= 15 is 0 Å². The number of carbonyl (C=O) groups is 2. The number of halogens is 3. The van der Waals surface area contributed by atoms with Crippen LogP contribution in [0.4, 0.5) is 29.3 Å². The van der Waals surface area contributed by atoms with Crippen LogP contribution < -0.4 is 15.4 Å². The van der Waals surface area contributed by atoms with Gasteiger partial charge < -0.3 is 11.1 Å². The third-order valence-corrected chi connectivity index (χ3v) is 4.38. The number of nitrogens with one attached hydrogen (secondary N) is 1. The average molecular weight is 401 g/mol. The van der Waals surface area contributed by atoms with Crippen LogP contribution in [0.25, 0.3) is 0 Å². The van der Waals surface area contributed by atoms with Gasteiger partial charge in [-0.2, -0.15) is 17.5 Å². The monoisotopic (exact) mass is 401 g/mol. The van der Waals surface area contributed by atoms with Crippen molar-refractivity contribution in [2.45, 2.75) is 6.18 Å². The first-order chi connectivity index (χ1) is 12.4. The number of primary amides is 1. The first-order valence-electron chi connectivity index (χ1n) is 7.28. The van der Waals surface area contributed by atoms with E-state index in [-0.39, 0.29) is 16.9 Å². The van der Waals surface area contributed by atoms with E-state index in [9.17, 15) is 31.2 Å². The molecule has 0 spiro atoms. The molecule has 0 aliphatic carbocycles. The highest BCUT2D eigenvalue weighted by atomic mass is 32.2. The highest BCUT2D eigenvalue weighted by Gasteiger charge is 2.31. The molecule has 0 atom stereocenters. The van der Waals surface area contributed by atoms with Crippen molar-refractivity contribution in [2.24, 2.45) is 5.73 Å². The summed E-state index contributed by atoms with van der Waals surface area (Å²) in [5.41, 5.74) is 3.77. The van der Waals surface area contributed by atoms with E-state index in [4.69, 9.17) is 5.73 Å². The third kappa shape index (κ3) is 4.97. The lowest BCUT2D eigenvalue weighted by Gasteiger charge is -2.18. The van der Waals surface area contributed by atoms with E-state index < -0.39 is 33.7 Å². The van der Waals surface area contributed by atoms with Gasteiger partial charge in [-0.15, -0.1) is 0 Å². The molecule has 0 fully saturated rings. The number of anilines is 2. The van der Waals surface area contributed by atoms with Crippen LogP contribution in [0.1, 0.15) is 15.9 Å². The number of sulfonamides is 1. The summed E-state index contributed by atoms with van der Waals surface area (Å²) in [4.78, 5) is 23.6. The van der Waals surface area contributed by atoms with Crippen LogP contribution in [-0.4, -0.2) is 26.6 Å². The zero-order chi connectivity index (χ0) is 20.4. The molecule has 144 valence electrons. The SMILES string of the molecule is CS(=O)(=O)N(C(N)=O)c1cccc(NC(=O)c2cccc(C(F)(F)F)c2)c1. The van der Waals surface area contributed by atoms with Gasteiger partial charge in [-0.1, -0.05) is 12.1 Å². The molecule has 27 heavy (non-hydrogen) atoms. The molecule has 0 saturated heterocycles. The molecule has 3 N–H and O–H groups in total. The van der Waals surface area contributed by atoms with Gasteiger partial charge in [0.2, 0.25) is 10.0 Å². The maximum absolute atomic E-state index is 12.7. The highest BCUT2D eigenvalue weighted by Crippen LogP contribution is 2.30. The van der Waals surface area contributed by atoms with E-state index in [0.29, 0.717) is 10.4 Å². The van der Waals surface area contributed by atoms with Gasteiger partial charge in [0.25, 0.3) is 5.91 Å². The fraction of sp³-hybridized carbons (Fsp3) is 0.125. The number of nitrogens with zero attached hydrogens (tertiary/aromatic N) is 1. The van der Waals surface area contributed by atoms with Crippen molar-refractivity contribution < 1.29 is 31.2 Å². The summed E-state index contributed by atoms with van der Waals surface area (Å²) in [5, 5.41) is 2.34. The van der Waals surface area contributed by atoms with Crippen molar-refractivity contribution in [1.29, 1.82) is 0 Å². The van der Waals surface area contributed by atoms with Crippen molar-refractivity contribution in [3.05, 3.63) is 59.7 Å². The summed E-state index contributed by atoms with van der Waals surface area (Å²) < 4.78 is 62.0. The summed E-state index contributed by atoms with van der Waals surface area (Å²) in [6.07, 6.45) is -3.83. The Morgan fingerprint density at radius 3 is 2.26 bits per heavy atom. The van der Waals surface area contributed by atoms with E-state index in [1.165, 1.54) is 24.3 Å². The molecule has 3 amide bonds. The molecule has 0 saturated carbocycles. The summed E-state index contributed by atoms with van der Waals surface area (Å²) >= 11 is 0. The second-order valence-electron chi connectivity index (χ2n) is 5.45. The minimum absolute atomic E-state index is 0.0600. The van der Waals surface area contributed by atoms with E-state index in [1.54, 1.807) is 0 Å². The van der Waals surface area contributed by atoms with Crippen molar-refractivity contribution >= 4 is 33.3 Å². The molecule has 0 radical (unpaired) electrons. The zero-order valence-corrected chi connectivity index (χ0v) is 14.6. The predicted molar refractivity (Wildman–Crippen MR) is 92.7 cm³/mol. The maximum Gasteiger partial charge on any atom is 0.416 e. The topological polar surface area (TPSA) is 110 Å². The molecule has 7 nitrogen and oxygen atoms in total. The molecular formula is C16H14F3N3O4S. The summed E-state index contributed by atoms with van der Waals surface area (Å²) in [6, 6.07) is 7.68. The smallest absolute Gasteiger partial charge is 0.350 e. The van der Waals surface area contributed by atoms with E-state index in [1.807, 2.05) is 0 Å². The Bertz CT molecular complexity index is 990. The fourth-order valence-corrected chi connectivity index (χ4v) is 3.06. The number of benzene rings is 2. The average Bonchev–Trinajstić information content (AvgIpc) is 2.53. The van der Waals surface area contributed by atoms with Crippen LogP contribution >= 0.6 is 0 Å². The van der Waals surface area contributed by atoms with Gasteiger partial charge in [0.15, 0.2) is 0 Å². The lowest BCUT2D eigenvalue weighted by molar-refractivity contribution is -0.137. The molecule has 2 aromatic rings. The summed E-state index contributed by atoms with van der Waals surface area (Å²) in [5.74, 6) is -0.844. The quantitative estimate of drug-likeness (QED) is 0.821. The molecule has 0 bridgehead atoms. The molecule has 0 aliphatic rings. The van der Waals surface area contributed by atoms with Crippen molar-refractivity contribution in [2.75, 3.05) is 15.9 Å². The Morgan fingerprint density at radius 1 is 1.07 bits per heavy atom. The van der Waals surface area contributed by atoms with Crippen LogP contribution in [-0.2, 0) is 16.2 Å². The van der Waals surface area contributed by atoms with Gasteiger partial charge in [0.1, 0.15) is 0 Å². The lowest BCUT2D eigenvalue weighted by Crippen LogP contribution is -2.40. The normalized spacial score (nSPS) is 11.7. The number of alkyl halides is 3. The van der Waals surface area contributed by atoms with E-state index in [2.05, 4.69) is 5.32 Å².